The fourth-order valence-corrected chi connectivity index (χ4v) is 10.0. The third-order valence-corrected chi connectivity index (χ3v) is 13.5. The van der Waals surface area contributed by atoms with E-state index in [2.05, 4.69) is 27.0 Å². The highest BCUT2D eigenvalue weighted by atomic mass is 35.5. The molecule has 1 aliphatic heterocycles. The highest BCUT2D eigenvalue weighted by molar-refractivity contribution is 7.13. The Labute approximate surface area is 390 Å². The van der Waals surface area contributed by atoms with Gasteiger partial charge in [0.05, 0.1) is 46.0 Å². The number of carbonyl (C=O) groups excluding carboxylic acids is 4. The number of hydrogen-bond donors (Lipinski definition) is 4. The van der Waals surface area contributed by atoms with Gasteiger partial charge in [-0.3, -0.25) is 19.2 Å². The summed E-state index contributed by atoms with van der Waals surface area (Å²) < 4.78 is 17.8. The van der Waals surface area contributed by atoms with E-state index in [1.54, 1.807) is 53.8 Å². The van der Waals surface area contributed by atoms with E-state index in [1.165, 1.54) is 4.90 Å². The molecule has 4 N–H and O–H groups in total. The highest BCUT2D eigenvalue weighted by Crippen LogP contribution is 2.55. The summed E-state index contributed by atoms with van der Waals surface area (Å²) in [6.07, 6.45) is -0.550. The summed E-state index contributed by atoms with van der Waals surface area (Å²) in [5, 5.41) is 29.0. The minimum Gasteiger partial charge on any atom is -0.494 e. The number of carbonyl (C=O) groups is 4. The maximum Gasteiger partial charge on any atom is 0.251 e. The average molecular weight is 928 g/mol. The molecule has 0 bridgehead atoms. The Morgan fingerprint density at radius 2 is 1.68 bits per heavy atom. The molecule has 14 nitrogen and oxygen atoms in total. The molecule has 1 saturated heterocycles. The van der Waals surface area contributed by atoms with Gasteiger partial charge in [-0.15, -0.1) is 11.3 Å². The number of aromatic nitrogens is 1. The zero-order valence-corrected chi connectivity index (χ0v) is 39.8. The molecule has 2 fully saturated rings. The van der Waals surface area contributed by atoms with Crippen molar-refractivity contribution in [3.63, 3.8) is 0 Å². The largest absolute Gasteiger partial charge is 0.494 e. The first-order valence-electron chi connectivity index (χ1n) is 21.7. The lowest BCUT2D eigenvalue weighted by Gasteiger charge is -2.63. The molecule has 0 spiro atoms. The SMILES string of the molecule is Cc1ncsc1-c1ccc(CNC(=O)[C@@H]2C[C@@H](O)CN2C(=O)[C@@H](NC(=O)COCCCOc2ccc(C(=O)N[C@H]3C(C)(C)[C@H](Oc4ccc(C#N)c(Cl)c4)C3(C)C)cc2)C(C)(C)C)cc1. The van der Waals surface area contributed by atoms with Gasteiger partial charge in [-0.05, 0) is 59.9 Å². The van der Waals surface area contributed by atoms with Gasteiger partial charge >= 0.3 is 0 Å². The smallest absolute Gasteiger partial charge is 0.251 e. The van der Waals surface area contributed by atoms with Gasteiger partial charge in [0.1, 0.15) is 42.4 Å². The molecule has 6 rings (SSSR count). The van der Waals surface area contributed by atoms with E-state index in [0.717, 1.165) is 21.7 Å². The molecule has 0 unspecified atom stereocenters. The molecule has 1 aromatic heterocycles. The number of thiazole rings is 1. The maximum absolute atomic E-state index is 14.0. The zero-order valence-electron chi connectivity index (χ0n) is 38.2. The van der Waals surface area contributed by atoms with Crippen LogP contribution in [0.5, 0.6) is 11.5 Å². The molecule has 4 aromatic rings. The van der Waals surface area contributed by atoms with Crippen molar-refractivity contribution in [1.82, 2.24) is 25.8 Å². The Hall–Kier alpha value is -5.53. The summed E-state index contributed by atoms with van der Waals surface area (Å²) in [6, 6.07) is 19.7. The predicted octanol–water partition coefficient (Wildman–Crippen LogP) is 6.85. The lowest BCUT2D eigenvalue weighted by molar-refractivity contribution is -0.164. The Balaban J connectivity index is 0.915. The molecule has 3 aromatic carbocycles. The maximum atomic E-state index is 14.0. The van der Waals surface area contributed by atoms with Crippen LogP contribution in [0.25, 0.3) is 10.4 Å². The van der Waals surface area contributed by atoms with Gasteiger partial charge in [-0.1, -0.05) is 84.3 Å². The Morgan fingerprint density at radius 1 is 1.00 bits per heavy atom. The van der Waals surface area contributed by atoms with Gasteiger partial charge in [-0.25, -0.2) is 4.98 Å². The molecule has 65 heavy (non-hydrogen) atoms. The highest BCUT2D eigenvalue weighted by Gasteiger charge is 2.64. The molecule has 3 atom stereocenters. The molecule has 2 aliphatic rings. The van der Waals surface area contributed by atoms with Crippen molar-refractivity contribution in [2.45, 2.75) is 105 Å². The van der Waals surface area contributed by atoms with E-state index in [0.29, 0.717) is 40.7 Å². The first kappa shape index (κ1) is 48.9. The number of likely N-dealkylation sites (tertiary alicyclic amines) is 1. The van der Waals surface area contributed by atoms with E-state index in [1.807, 2.05) is 85.2 Å². The first-order valence-corrected chi connectivity index (χ1v) is 23.0. The van der Waals surface area contributed by atoms with Crippen LogP contribution in [0.4, 0.5) is 0 Å². The second-order valence-electron chi connectivity index (χ2n) is 19.0. The number of benzene rings is 3. The summed E-state index contributed by atoms with van der Waals surface area (Å²) in [7, 11) is 0. The molecule has 16 heteroatoms. The molecular weight excluding hydrogens is 868 g/mol. The average Bonchev–Trinajstić information content (AvgIpc) is 3.88. The molecule has 0 radical (unpaired) electrons. The number of aryl methyl sites for hydroxylation is 1. The molecule has 2 heterocycles. The number of aliphatic hydroxyl groups excluding tert-OH is 1. The molecule has 4 amide bonds. The number of nitriles is 1. The van der Waals surface area contributed by atoms with Gasteiger partial charge in [-0.2, -0.15) is 5.26 Å². The number of nitrogens with zero attached hydrogens (tertiary/aromatic N) is 3. The van der Waals surface area contributed by atoms with Crippen LogP contribution >= 0.6 is 22.9 Å². The first-order chi connectivity index (χ1) is 30.7. The minimum atomic E-state index is -0.979. The molecule has 1 aliphatic carbocycles. The van der Waals surface area contributed by atoms with E-state index in [9.17, 15) is 29.5 Å². The second-order valence-corrected chi connectivity index (χ2v) is 20.3. The van der Waals surface area contributed by atoms with E-state index >= 15 is 0 Å². The minimum absolute atomic E-state index is 0.0262. The van der Waals surface area contributed by atoms with Crippen LogP contribution in [0, 0.1) is 34.5 Å². The van der Waals surface area contributed by atoms with Gasteiger partial charge in [0.15, 0.2) is 0 Å². The van der Waals surface area contributed by atoms with Crippen molar-refractivity contribution in [1.29, 1.82) is 5.26 Å². The van der Waals surface area contributed by atoms with Crippen LogP contribution in [0.1, 0.15) is 88.5 Å². The van der Waals surface area contributed by atoms with Crippen molar-refractivity contribution < 1.29 is 38.5 Å². The van der Waals surface area contributed by atoms with Gasteiger partial charge in [0.25, 0.3) is 5.91 Å². The summed E-state index contributed by atoms with van der Waals surface area (Å²) in [6.45, 7) is 16.1. The fourth-order valence-electron chi connectivity index (χ4n) is 9.01. The van der Waals surface area contributed by atoms with Gasteiger partial charge < -0.3 is 40.2 Å². The van der Waals surface area contributed by atoms with E-state index < -0.39 is 46.2 Å². The van der Waals surface area contributed by atoms with Crippen molar-refractivity contribution in [2.24, 2.45) is 16.2 Å². The summed E-state index contributed by atoms with van der Waals surface area (Å²) in [4.78, 5) is 60.6. The predicted molar refractivity (Wildman–Crippen MR) is 248 cm³/mol. The van der Waals surface area contributed by atoms with Crippen LogP contribution in [0.3, 0.4) is 0 Å². The van der Waals surface area contributed by atoms with Gasteiger partial charge in [0.2, 0.25) is 17.7 Å². The van der Waals surface area contributed by atoms with E-state index in [-0.39, 0.29) is 56.7 Å². The Morgan fingerprint density at radius 3 is 2.29 bits per heavy atom. The molecule has 346 valence electrons. The fraction of sp³-hybridized carbons (Fsp3) is 0.469. The zero-order chi connectivity index (χ0) is 47.3. The van der Waals surface area contributed by atoms with Gasteiger partial charge in [0, 0.05) is 54.4 Å². The summed E-state index contributed by atoms with van der Waals surface area (Å²) in [5.74, 6) is -0.408. The number of rotatable bonds is 17. The third kappa shape index (κ3) is 11.5. The summed E-state index contributed by atoms with van der Waals surface area (Å²) >= 11 is 7.80. The second kappa shape index (κ2) is 20.3. The number of aliphatic hydroxyl groups is 1. The van der Waals surface area contributed by atoms with Crippen molar-refractivity contribution in [3.8, 4) is 28.0 Å². The van der Waals surface area contributed by atoms with Crippen molar-refractivity contribution in [3.05, 3.63) is 99.6 Å². The van der Waals surface area contributed by atoms with E-state index in [4.69, 9.17) is 25.8 Å². The lowest BCUT2D eigenvalue weighted by Crippen LogP contribution is -2.74. The molecule has 1 saturated carbocycles. The number of halogens is 1. The normalized spacial score (nSPS) is 20.2. The third-order valence-electron chi connectivity index (χ3n) is 12.2. The number of amides is 4. The number of nitrogens with one attached hydrogen (secondary N) is 3. The topological polar surface area (TPSA) is 192 Å². The standard InChI is InChI=1S/C49H59ClN6O8S/c1-29-40(65-28-53-29)31-12-10-30(11-13-31)25-52-43(60)38-22-34(57)26-56(38)44(61)41(47(2,3)4)54-39(58)27-62-20-9-21-63-35-17-14-32(15-18-35)42(59)55-45-48(5,6)46(49(45,7)8)64-36-19-16-33(24-51)37(50)23-36/h10-19,23,28,34,38,41,45-46,57H,9,20-22,25-27H2,1-8H3,(H,52,60)(H,54,58)(H,55,59)/t34-,38+,41-,45-,46-/m1/s1. The number of β-amino-alcohol motifs (C(OH)–C–C–N with tert-alkyl or cyclic N) is 1. The van der Waals surface area contributed by atoms with Crippen molar-refractivity contribution in [2.75, 3.05) is 26.4 Å². The lowest BCUT2D eigenvalue weighted by atomic mass is 9.49. The quantitative estimate of drug-likeness (QED) is 0.0815. The van der Waals surface area contributed by atoms with Crippen LogP contribution in [0.15, 0.2) is 72.2 Å². The van der Waals surface area contributed by atoms with Crippen molar-refractivity contribution >= 4 is 46.6 Å². The number of ether oxygens (including phenoxy) is 3. The summed E-state index contributed by atoms with van der Waals surface area (Å²) in [5.41, 5.74) is 4.03. The molecular formula is C49H59ClN6O8S. The van der Waals surface area contributed by atoms with Crippen LogP contribution in [-0.2, 0) is 25.7 Å². The van der Waals surface area contributed by atoms with Crippen LogP contribution in [-0.4, -0.2) is 95.3 Å². The van der Waals surface area contributed by atoms with Crippen LogP contribution in [0.2, 0.25) is 5.02 Å². The Kier molecular flexibility index (Phi) is 15.3. The monoisotopic (exact) mass is 926 g/mol. The number of hydrogen-bond acceptors (Lipinski definition) is 11. The Bertz CT molecular complexity index is 2370. The van der Waals surface area contributed by atoms with Crippen LogP contribution < -0.4 is 25.4 Å².